The van der Waals surface area contributed by atoms with E-state index in [0.717, 1.165) is 45.4 Å². The Kier molecular flexibility index (Phi) is 7.04. The van der Waals surface area contributed by atoms with Crippen molar-refractivity contribution < 1.29 is 4.74 Å². The maximum atomic E-state index is 5.55. The molecule has 0 saturated carbocycles. The molecule has 0 radical (unpaired) electrons. The highest BCUT2D eigenvalue weighted by atomic mass is 32.2. The molecule has 2 N–H and O–H groups in total. The minimum Gasteiger partial charge on any atom is -0.379 e. The lowest BCUT2D eigenvalue weighted by Gasteiger charge is -2.43. The minimum atomic E-state index is 0.242. The number of ether oxygens (including phenoxy) is 1. The molecule has 2 aliphatic heterocycles. The average Bonchev–Trinajstić information content (AvgIpc) is 3.35. The molecule has 25 heavy (non-hydrogen) atoms. The number of morpholine rings is 1. The van der Waals surface area contributed by atoms with Crippen LogP contribution in [0.4, 0.5) is 0 Å². The van der Waals surface area contributed by atoms with Gasteiger partial charge in [-0.05, 0) is 23.6 Å². The number of aliphatic imine (C=N–C) groups is 1. The van der Waals surface area contributed by atoms with Gasteiger partial charge < -0.3 is 15.4 Å². The molecular formula is C18H30N4OS2. The summed E-state index contributed by atoms with van der Waals surface area (Å²) in [6, 6.07) is 4.32. The Balaban J connectivity index is 1.52. The Morgan fingerprint density at radius 3 is 2.88 bits per heavy atom. The second-order valence-corrected chi connectivity index (χ2v) is 8.93. The van der Waals surface area contributed by atoms with Crippen molar-refractivity contribution in [2.24, 2.45) is 4.99 Å². The molecule has 3 heterocycles. The number of guanidine groups is 1. The third kappa shape index (κ3) is 4.90. The van der Waals surface area contributed by atoms with Gasteiger partial charge in [0.25, 0.3) is 0 Å². The predicted octanol–water partition coefficient (Wildman–Crippen LogP) is 2.22. The minimum absolute atomic E-state index is 0.242. The Hall–Kier alpha value is -0.760. The number of thiophene rings is 1. The summed E-state index contributed by atoms with van der Waals surface area (Å²) in [5.74, 6) is 3.85. The highest BCUT2D eigenvalue weighted by molar-refractivity contribution is 7.99. The van der Waals surface area contributed by atoms with Crippen molar-refractivity contribution >= 4 is 29.1 Å². The van der Waals surface area contributed by atoms with Crippen LogP contribution in [0, 0.1) is 0 Å². The molecule has 2 unspecified atom stereocenters. The van der Waals surface area contributed by atoms with Crippen LogP contribution in [0.3, 0.4) is 0 Å². The zero-order valence-corrected chi connectivity index (χ0v) is 16.9. The van der Waals surface area contributed by atoms with Crippen molar-refractivity contribution in [2.45, 2.75) is 24.8 Å². The molecule has 140 valence electrons. The summed E-state index contributed by atoms with van der Waals surface area (Å²) in [6.45, 7) is 7.92. The quantitative estimate of drug-likeness (QED) is 0.584. The van der Waals surface area contributed by atoms with Crippen LogP contribution in [0.1, 0.15) is 24.1 Å². The van der Waals surface area contributed by atoms with Gasteiger partial charge in [-0.1, -0.05) is 13.0 Å². The Bertz CT molecular complexity index is 537. The number of nitrogens with zero attached hydrogens (tertiary/aromatic N) is 2. The first-order valence-corrected chi connectivity index (χ1v) is 11.2. The maximum absolute atomic E-state index is 5.55. The van der Waals surface area contributed by atoms with E-state index in [1.165, 1.54) is 22.8 Å². The van der Waals surface area contributed by atoms with Crippen LogP contribution in [-0.2, 0) is 4.74 Å². The topological polar surface area (TPSA) is 48.9 Å². The monoisotopic (exact) mass is 382 g/mol. The average molecular weight is 383 g/mol. The van der Waals surface area contributed by atoms with Gasteiger partial charge in [0, 0.05) is 55.3 Å². The van der Waals surface area contributed by atoms with Crippen molar-refractivity contribution in [1.29, 1.82) is 0 Å². The van der Waals surface area contributed by atoms with Gasteiger partial charge in [-0.2, -0.15) is 11.8 Å². The molecule has 0 aromatic carbocycles. The SMILES string of the molecule is CN=C(NCC(C)c1cccs1)NCC1(N2CCOCC2)CCSC1. The first-order valence-electron chi connectivity index (χ1n) is 9.12. The zero-order chi connectivity index (χ0) is 17.5. The molecule has 3 rings (SSSR count). The van der Waals surface area contributed by atoms with Crippen LogP contribution in [0.25, 0.3) is 0 Å². The molecule has 0 spiro atoms. The van der Waals surface area contributed by atoms with E-state index in [0.29, 0.717) is 5.92 Å². The van der Waals surface area contributed by atoms with E-state index >= 15 is 0 Å². The van der Waals surface area contributed by atoms with Crippen LogP contribution in [-0.4, -0.2) is 74.3 Å². The van der Waals surface area contributed by atoms with Gasteiger partial charge in [0.1, 0.15) is 0 Å². The first-order chi connectivity index (χ1) is 12.2. The van der Waals surface area contributed by atoms with Gasteiger partial charge >= 0.3 is 0 Å². The van der Waals surface area contributed by atoms with Gasteiger partial charge in [0.15, 0.2) is 5.96 Å². The van der Waals surface area contributed by atoms with E-state index in [9.17, 15) is 0 Å². The Morgan fingerprint density at radius 2 is 2.24 bits per heavy atom. The highest BCUT2D eigenvalue weighted by Gasteiger charge is 2.40. The number of thioether (sulfide) groups is 1. The van der Waals surface area contributed by atoms with E-state index in [2.05, 4.69) is 56.7 Å². The number of hydrogen-bond acceptors (Lipinski definition) is 5. The smallest absolute Gasteiger partial charge is 0.191 e. The van der Waals surface area contributed by atoms with Crippen LogP contribution >= 0.6 is 23.1 Å². The molecule has 2 fully saturated rings. The fourth-order valence-corrected chi connectivity index (χ4v) is 5.79. The summed E-state index contributed by atoms with van der Waals surface area (Å²) in [6.07, 6.45) is 1.24. The fourth-order valence-electron chi connectivity index (χ4n) is 3.53. The third-order valence-corrected chi connectivity index (χ3v) is 7.52. The van der Waals surface area contributed by atoms with Crippen LogP contribution < -0.4 is 10.6 Å². The third-order valence-electron chi connectivity index (χ3n) is 5.18. The molecule has 2 aliphatic rings. The lowest BCUT2D eigenvalue weighted by atomic mass is 9.95. The van der Waals surface area contributed by atoms with E-state index in [-0.39, 0.29) is 5.54 Å². The van der Waals surface area contributed by atoms with Crippen molar-refractivity contribution in [3.8, 4) is 0 Å². The van der Waals surface area contributed by atoms with Gasteiger partial charge in [-0.25, -0.2) is 0 Å². The number of rotatable bonds is 6. The summed E-state index contributed by atoms with van der Waals surface area (Å²) < 4.78 is 5.55. The van der Waals surface area contributed by atoms with Gasteiger partial charge in [-0.15, -0.1) is 11.3 Å². The molecule has 2 saturated heterocycles. The second-order valence-electron chi connectivity index (χ2n) is 6.85. The van der Waals surface area contributed by atoms with E-state index in [4.69, 9.17) is 4.74 Å². The summed E-state index contributed by atoms with van der Waals surface area (Å²) in [7, 11) is 1.86. The number of hydrogen-bond donors (Lipinski definition) is 2. The Morgan fingerprint density at radius 1 is 1.40 bits per heavy atom. The summed E-state index contributed by atoms with van der Waals surface area (Å²) in [5, 5.41) is 9.24. The zero-order valence-electron chi connectivity index (χ0n) is 15.3. The Labute approximate surface area is 159 Å². The summed E-state index contributed by atoms with van der Waals surface area (Å²) in [5.41, 5.74) is 0.242. The molecule has 0 amide bonds. The lowest BCUT2D eigenvalue weighted by molar-refractivity contribution is -0.0120. The van der Waals surface area contributed by atoms with Gasteiger partial charge in [0.05, 0.1) is 13.2 Å². The lowest BCUT2D eigenvalue weighted by Crippen LogP contribution is -2.60. The van der Waals surface area contributed by atoms with E-state index in [1.54, 1.807) is 0 Å². The van der Waals surface area contributed by atoms with Crippen LogP contribution in [0.15, 0.2) is 22.5 Å². The molecule has 7 heteroatoms. The van der Waals surface area contributed by atoms with Gasteiger partial charge in [-0.3, -0.25) is 9.89 Å². The van der Waals surface area contributed by atoms with E-state index in [1.807, 2.05) is 18.4 Å². The molecule has 1 aromatic rings. The van der Waals surface area contributed by atoms with Crippen molar-refractivity contribution in [3.05, 3.63) is 22.4 Å². The second kappa shape index (κ2) is 9.26. The normalized spacial score (nSPS) is 26.6. The van der Waals surface area contributed by atoms with Crippen molar-refractivity contribution in [3.63, 3.8) is 0 Å². The van der Waals surface area contributed by atoms with Crippen LogP contribution in [0.2, 0.25) is 0 Å². The maximum Gasteiger partial charge on any atom is 0.191 e. The predicted molar refractivity (Wildman–Crippen MR) is 109 cm³/mol. The highest BCUT2D eigenvalue weighted by Crippen LogP contribution is 2.33. The molecule has 2 atom stereocenters. The molecule has 1 aromatic heterocycles. The van der Waals surface area contributed by atoms with Crippen LogP contribution in [0.5, 0.6) is 0 Å². The molecule has 5 nitrogen and oxygen atoms in total. The van der Waals surface area contributed by atoms with Crippen molar-refractivity contribution in [1.82, 2.24) is 15.5 Å². The van der Waals surface area contributed by atoms with Gasteiger partial charge in [0.2, 0.25) is 0 Å². The molecule has 0 bridgehead atoms. The summed E-state index contributed by atoms with van der Waals surface area (Å²) in [4.78, 5) is 8.47. The fraction of sp³-hybridized carbons (Fsp3) is 0.722. The standard InChI is InChI=1S/C18H30N4OS2/c1-15(16-4-3-10-25-16)12-20-17(19-2)21-13-18(5-11-24-14-18)22-6-8-23-9-7-22/h3-4,10,15H,5-9,11-14H2,1-2H3,(H2,19,20,21). The number of nitrogens with one attached hydrogen (secondary N) is 2. The van der Waals surface area contributed by atoms with Crippen molar-refractivity contribution in [2.75, 3.05) is 57.9 Å². The first kappa shape index (κ1) is 19.0. The molecule has 0 aliphatic carbocycles. The molecular weight excluding hydrogens is 352 g/mol. The van der Waals surface area contributed by atoms with E-state index < -0.39 is 0 Å². The largest absolute Gasteiger partial charge is 0.379 e. The summed E-state index contributed by atoms with van der Waals surface area (Å²) >= 11 is 3.89.